The SMILES string of the molecule is CC(C)CN1C(N)=NCC12CCN(Cc1ccccc1)C2. The van der Waals surface area contributed by atoms with Gasteiger partial charge in [-0.1, -0.05) is 44.2 Å². The van der Waals surface area contributed by atoms with Crippen molar-refractivity contribution >= 4 is 5.96 Å². The van der Waals surface area contributed by atoms with Crippen LogP contribution in [0.25, 0.3) is 0 Å². The first-order valence-corrected chi connectivity index (χ1v) is 7.93. The molecule has 1 spiro atoms. The first-order chi connectivity index (χ1) is 10.1. The number of aliphatic imine (C=N–C) groups is 1. The molecule has 1 fully saturated rings. The minimum Gasteiger partial charge on any atom is -0.370 e. The van der Waals surface area contributed by atoms with Crippen LogP contribution in [0.5, 0.6) is 0 Å². The van der Waals surface area contributed by atoms with Crippen LogP contribution in [-0.4, -0.2) is 47.5 Å². The summed E-state index contributed by atoms with van der Waals surface area (Å²) in [4.78, 5) is 9.44. The summed E-state index contributed by atoms with van der Waals surface area (Å²) in [5.41, 5.74) is 7.67. The highest BCUT2D eigenvalue weighted by Gasteiger charge is 2.46. The Bertz CT molecular complexity index is 511. The van der Waals surface area contributed by atoms with Crippen LogP contribution in [0.15, 0.2) is 35.3 Å². The lowest BCUT2D eigenvalue weighted by atomic mass is 9.96. The first-order valence-electron chi connectivity index (χ1n) is 7.93. The summed E-state index contributed by atoms with van der Waals surface area (Å²) < 4.78 is 0. The van der Waals surface area contributed by atoms with Gasteiger partial charge in [-0.2, -0.15) is 0 Å². The van der Waals surface area contributed by atoms with Crippen molar-refractivity contribution in [2.75, 3.05) is 26.2 Å². The Balaban J connectivity index is 1.68. The molecular weight excluding hydrogens is 260 g/mol. The van der Waals surface area contributed by atoms with E-state index in [2.05, 4.69) is 59.0 Å². The molecule has 0 amide bonds. The van der Waals surface area contributed by atoms with Crippen LogP contribution in [0.2, 0.25) is 0 Å². The lowest BCUT2D eigenvalue weighted by Gasteiger charge is -2.37. The summed E-state index contributed by atoms with van der Waals surface area (Å²) in [7, 11) is 0. The Morgan fingerprint density at radius 1 is 1.29 bits per heavy atom. The van der Waals surface area contributed by atoms with Gasteiger partial charge in [-0.25, -0.2) is 0 Å². The highest BCUT2D eigenvalue weighted by Crippen LogP contribution is 2.33. The molecule has 1 aromatic rings. The highest BCUT2D eigenvalue weighted by atomic mass is 15.4. The van der Waals surface area contributed by atoms with Crippen molar-refractivity contribution in [1.82, 2.24) is 9.80 Å². The monoisotopic (exact) mass is 286 g/mol. The normalized spacial score (nSPS) is 26.0. The van der Waals surface area contributed by atoms with E-state index in [0.29, 0.717) is 5.92 Å². The van der Waals surface area contributed by atoms with Crippen LogP contribution in [0.4, 0.5) is 0 Å². The van der Waals surface area contributed by atoms with Gasteiger partial charge in [-0.3, -0.25) is 9.89 Å². The van der Waals surface area contributed by atoms with E-state index in [4.69, 9.17) is 5.73 Å². The second-order valence-corrected chi connectivity index (χ2v) is 6.85. The van der Waals surface area contributed by atoms with Crippen LogP contribution in [0.3, 0.4) is 0 Å². The van der Waals surface area contributed by atoms with Crippen molar-refractivity contribution in [3.8, 4) is 0 Å². The fraction of sp³-hybridized carbons (Fsp3) is 0.588. The third kappa shape index (κ3) is 2.91. The summed E-state index contributed by atoms with van der Waals surface area (Å²) in [6.07, 6.45) is 1.16. The molecule has 4 nitrogen and oxygen atoms in total. The van der Waals surface area contributed by atoms with Crippen molar-refractivity contribution in [3.05, 3.63) is 35.9 Å². The van der Waals surface area contributed by atoms with Gasteiger partial charge in [0.25, 0.3) is 0 Å². The van der Waals surface area contributed by atoms with Crippen molar-refractivity contribution < 1.29 is 0 Å². The zero-order valence-electron chi connectivity index (χ0n) is 13.1. The zero-order chi connectivity index (χ0) is 14.9. The Morgan fingerprint density at radius 2 is 2.05 bits per heavy atom. The van der Waals surface area contributed by atoms with E-state index in [9.17, 15) is 0 Å². The average Bonchev–Trinajstić information content (AvgIpc) is 2.99. The summed E-state index contributed by atoms with van der Waals surface area (Å²) in [5, 5.41) is 0. The van der Waals surface area contributed by atoms with Crippen molar-refractivity contribution in [1.29, 1.82) is 0 Å². The number of likely N-dealkylation sites (tertiary alicyclic amines) is 1. The second-order valence-electron chi connectivity index (χ2n) is 6.85. The molecule has 1 atom stereocenters. The minimum absolute atomic E-state index is 0.142. The summed E-state index contributed by atoms with van der Waals surface area (Å²) >= 11 is 0. The van der Waals surface area contributed by atoms with Gasteiger partial charge in [-0.05, 0) is 17.9 Å². The fourth-order valence-electron chi connectivity index (χ4n) is 3.56. The summed E-state index contributed by atoms with van der Waals surface area (Å²) in [5.74, 6) is 1.35. The Labute approximate surface area is 127 Å². The fourth-order valence-corrected chi connectivity index (χ4v) is 3.56. The van der Waals surface area contributed by atoms with E-state index in [1.165, 1.54) is 5.56 Å². The number of guanidine groups is 1. The van der Waals surface area contributed by atoms with Crippen LogP contribution in [0, 0.1) is 5.92 Å². The number of rotatable bonds is 4. The number of nitrogens with zero attached hydrogens (tertiary/aromatic N) is 3. The largest absolute Gasteiger partial charge is 0.370 e. The zero-order valence-corrected chi connectivity index (χ0v) is 13.1. The minimum atomic E-state index is 0.142. The smallest absolute Gasteiger partial charge is 0.191 e. The lowest BCUT2D eigenvalue weighted by Crippen LogP contribution is -2.54. The molecule has 2 heterocycles. The van der Waals surface area contributed by atoms with Crippen LogP contribution in [0.1, 0.15) is 25.8 Å². The molecule has 4 heteroatoms. The van der Waals surface area contributed by atoms with Gasteiger partial charge in [0.05, 0.1) is 12.1 Å². The van der Waals surface area contributed by atoms with Crippen LogP contribution in [-0.2, 0) is 6.54 Å². The van der Waals surface area contributed by atoms with Gasteiger partial charge in [0, 0.05) is 26.2 Å². The van der Waals surface area contributed by atoms with Gasteiger partial charge in [0.2, 0.25) is 0 Å². The molecule has 21 heavy (non-hydrogen) atoms. The topological polar surface area (TPSA) is 44.9 Å². The van der Waals surface area contributed by atoms with Gasteiger partial charge < -0.3 is 10.6 Å². The van der Waals surface area contributed by atoms with Crippen LogP contribution < -0.4 is 5.73 Å². The molecule has 1 unspecified atom stereocenters. The standard InChI is InChI=1S/C17H26N4/c1-14(2)10-21-16(18)19-12-17(21)8-9-20(13-17)11-15-6-4-3-5-7-15/h3-7,14H,8-13H2,1-2H3,(H2,18,19). The molecular formula is C17H26N4. The van der Waals surface area contributed by atoms with Crippen molar-refractivity contribution in [2.45, 2.75) is 32.4 Å². The highest BCUT2D eigenvalue weighted by molar-refractivity contribution is 5.81. The average molecular weight is 286 g/mol. The molecule has 2 aliphatic heterocycles. The van der Waals surface area contributed by atoms with Gasteiger partial charge in [0.1, 0.15) is 0 Å². The second kappa shape index (κ2) is 5.68. The van der Waals surface area contributed by atoms with Crippen LogP contribution >= 0.6 is 0 Å². The third-order valence-electron chi connectivity index (χ3n) is 4.59. The number of hydrogen-bond donors (Lipinski definition) is 1. The maximum Gasteiger partial charge on any atom is 0.191 e. The van der Waals surface area contributed by atoms with E-state index in [1.807, 2.05) is 0 Å². The molecule has 0 aliphatic carbocycles. The predicted molar refractivity (Wildman–Crippen MR) is 87.1 cm³/mol. The van der Waals surface area contributed by atoms with E-state index in [0.717, 1.165) is 45.1 Å². The number of benzene rings is 1. The van der Waals surface area contributed by atoms with E-state index in [1.54, 1.807) is 0 Å². The molecule has 0 radical (unpaired) electrons. The Kier molecular flexibility index (Phi) is 3.89. The van der Waals surface area contributed by atoms with Gasteiger partial charge in [-0.15, -0.1) is 0 Å². The summed E-state index contributed by atoms with van der Waals surface area (Å²) in [6.45, 7) is 9.58. The van der Waals surface area contributed by atoms with Gasteiger partial charge >= 0.3 is 0 Å². The maximum atomic E-state index is 6.14. The molecule has 2 aliphatic rings. The van der Waals surface area contributed by atoms with Crippen molar-refractivity contribution in [2.24, 2.45) is 16.6 Å². The number of hydrogen-bond acceptors (Lipinski definition) is 4. The molecule has 0 bridgehead atoms. The summed E-state index contributed by atoms with van der Waals surface area (Å²) in [6, 6.07) is 10.7. The third-order valence-corrected chi connectivity index (χ3v) is 4.59. The Morgan fingerprint density at radius 3 is 2.76 bits per heavy atom. The molecule has 114 valence electrons. The molecule has 3 rings (SSSR count). The Hall–Kier alpha value is -1.55. The lowest BCUT2D eigenvalue weighted by molar-refractivity contribution is 0.178. The van der Waals surface area contributed by atoms with E-state index >= 15 is 0 Å². The molecule has 1 aromatic carbocycles. The molecule has 0 saturated carbocycles. The van der Waals surface area contributed by atoms with E-state index < -0.39 is 0 Å². The number of nitrogens with two attached hydrogens (primary N) is 1. The molecule has 1 saturated heterocycles. The maximum absolute atomic E-state index is 6.14. The first kappa shape index (κ1) is 14.4. The molecule has 0 aromatic heterocycles. The van der Waals surface area contributed by atoms with E-state index in [-0.39, 0.29) is 5.54 Å². The quantitative estimate of drug-likeness (QED) is 0.919. The van der Waals surface area contributed by atoms with Gasteiger partial charge in [0.15, 0.2) is 5.96 Å². The predicted octanol–water partition coefficient (Wildman–Crippen LogP) is 1.92. The molecule has 2 N–H and O–H groups in total. The van der Waals surface area contributed by atoms with Crippen molar-refractivity contribution in [3.63, 3.8) is 0 Å².